The van der Waals surface area contributed by atoms with Gasteiger partial charge in [0.2, 0.25) is 5.82 Å². The monoisotopic (exact) mass is 345 g/mol. The van der Waals surface area contributed by atoms with Crippen LogP contribution in [-0.4, -0.2) is 19.5 Å². The molecule has 26 heavy (non-hydrogen) atoms. The number of aryl methyl sites for hydroxylation is 2. The lowest BCUT2D eigenvalue weighted by Gasteiger charge is -2.22. The second-order valence-corrected chi connectivity index (χ2v) is 7.42. The molecule has 5 heteroatoms. The first kappa shape index (κ1) is 16.7. The molecular weight excluding hydrogens is 322 g/mol. The van der Waals surface area contributed by atoms with Gasteiger partial charge in [0.25, 0.3) is 0 Å². The first-order valence-corrected chi connectivity index (χ1v) is 9.35. The van der Waals surface area contributed by atoms with Crippen molar-refractivity contribution < 1.29 is 0 Å². The molecule has 3 aromatic rings. The van der Waals surface area contributed by atoms with Gasteiger partial charge in [0.05, 0.1) is 11.0 Å². The number of pyridine rings is 1. The molecule has 1 aliphatic carbocycles. The lowest BCUT2D eigenvalue weighted by Crippen LogP contribution is -2.14. The summed E-state index contributed by atoms with van der Waals surface area (Å²) < 4.78 is 2.31. The van der Waals surface area contributed by atoms with E-state index < -0.39 is 0 Å². The zero-order valence-electron chi connectivity index (χ0n) is 15.4. The van der Waals surface area contributed by atoms with Crippen LogP contribution in [0.15, 0.2) is 24.7 Å². The fourth-order valence-corrected chi connectivity index (χ4v) is 4.09. The van der Waals surface area contributed by atoms with Crippen molar-refractivity contribution in [1.29, 1.82) is 5.26 Å². The molecule has 3 aromatic heterocycles. The van der Waals surface area contributed by atoms with Gasteiger partial charge in [-0.2, -0.15) is 5.26 Å². The maximum atomic E-state index is 9.38. The van der Waals surface area contributed by atoms with Crippen LogP contribution in [0.3, 0.4) is 0 Å². The van der Waals surface area contributed by atoms with Crippen molar-refractivity contribution in [2.24, 2.45) is 5.92 Å². The summed E-state index contributed by atoms with van der Waals surface area (Å²) in [6.45, 7) is 5.07. The Bertz CT molecular complexity index is 990. The van der Waals surface area contributed by atoms with E-state index in [1.807, 2.05) is 19.3 Å². The summed E-state index contributed by atoms with van der Waals surface area (Å²) in [6, 6.07) is 4.18. The number of nitriles is 1. The summed E-state index contributed by atoms with van der Waals surface area (Å²) in [4.78, 5) is 13.4. The van der Waals surface area contributed by atoms with Crippen molar-refractivity contribution >= 4 is 11.0 Å². The van der Waals surface area contributed by atoms with E-state index in [9.17, 15) is 5.26 Å². The number of aromatic nitrogens is 4. The van der Waals surface area contributed by atoms with Crippen LogP contribution in [0, 0.1) is 31.1 Å². The molecule has 1 aliphatic rings. The summed E-state index contributed by atoms with van der Waals surface area (Å²) in [5.74, 6) is 0.922. The van der Waals surface area contributed by atoms with Crippen molar-refractivity contribution in [3.8, 4) is 17.3 Å². The Labute approximate surface area is 153 Å². The van der Waals surface area contributed by atoms with Crippen molar-refractivity contribution in [1.82, 2.24) is 19.5 Å². The summed E-state index contributed by atoms with van der Waals surface area (Å²) >= 11 is 0. The van der Waals surface area contributed by atoms with Crippen molar-refractivity contribution in [3.05, 3.63) is 41.6 Å². The van der Waals surface area contributed by atoms with E-state index >= 15 is 0 Å². The van der Waals surface area contributed by atoms with Gasteiger partial charge in [0.1, 0.15) is 11.8 Å². The lowest BCUT2D eigenvalue weighted by atomic mass is 9.89. The highest BCUT2D eigenvalue weighted by Crippen LogP contribution is 2.32. The van der Waals surface area contributed by atoms with Gasteiger partial charge in [-0.3, -0.25) is 4.98 Å². The standard InChI is InChI=1S/C21H23N5/c1-14-8-17(11-23-10-14)20-21-19(24-18(9-22)25-20)15(2)12-26(21)13-16-6-4-3-5-7-16/h8,10-12,16H,3-7,13H2,1-2H3. The van der Waals surface area contributed by atoms with Gasteiger partial charge in [0, 0.05) is 30.7 Å². The average Bonchev–Trinajstić information content (AvgIpc) is 2.97. The molecule has 0 spiro atoms. The Kier molecular flexibility index (Phi) is 4.42. The van der Waals surface area contributed by atoms with Crippen LogP contribution in [0.5, 0.6) is 0 Å². The molecule has 1 saturated carbocycles. The van der Waals surface area contributed by atoms with Gasteiger partial charge in [-0.25, -0.2) is 9.97 Å². The van der Waals surface area contributed by atoms with Crippen LogP contribution in [0.2, 0.25) is 0 Å². The van der Waals surface area contributed by atoms with Crippen LogP contribution in [0.25, 0.3) is 22.3 Å². The van der Waals surface area contributed by atoms with E-state index in [1.165, 1.54) is 32.1 Å². The highest BCUT2D eigenvalue weighted by Gasteiger charge is 2.20. The first-order valence-electron chi connectivity index (χ1n) is 9.35. The second-order valence-electron chi connectivity index (χ2n) is 7.42. The van der Waals surface area contributed by atoms with Gasteiger partial charge in [-0.15, -0.1) is 0 Å². The number of hydrogen-bond donors (Lipinski definition) is 0. The summed E-state index contributed by atoms with van der Waals surface area (Å²) in [5, 5.41) is 9.38. The summed E-state index contributed by atoms with van der Waals surface area (Å²) in [7, 11) is 0. The molecule has 0 N–H and O–H groups in total. The molecule has 3 heterocycles. The fourth-order valence-electron chi connectivity index (χ4n) is 4.09. The lowest BCUT2D eigenvalue weighted by molar-refractivity contribution is 0.322. The molecular formula is C21H23N5. The van der Waals surface area contributed by atoms with Crippen LogP contribution >= 0.6 is 0 Å². The SMILES string of the molecule is Cc1cncc(-c2nc(C#N)nc3c(C)cn(CC4CCCCC4)c23)c1. The number of nitrogens with zero attached hydrogens (tertiary/aromatic N) is 5. The number of rotatable bonds is 3. The van der Waals surface area contributed by atoms with E-state index in [0.717, 1.165) is 40.0 Å². The number of hydrogen-bond acceptors (Lipinski definition) is 4. The summed E-state index contributed by atoms with van der Waals surface area (Å²) in [5.41, 5.74) is 5.83. The normalized spacial score (nSPS) is 15.3. The molecule has 0 amide bonds. The predicted octanol–water partition coefficient (Wildman–Crippen LogP) is 4.56. The Hall–Kier alpha value is -2.74. The third kappa shape index (κ3) is 3.08. The average molecular weight is 345 g/mol. The highest BCUT2D eigenvalue weighted by molar-refractivity contribution is 5.92. The maximum Gasteiger partial charge on any atom is 0.233 e. The number of fused-ring (bicyclic) bond motifs is 1. The molecule has 132 valence electrons. The van der Waals surface area contributed by atoms with Gasteiger partial charge < -0.3 is 4.57 Å². The Morgan fingerprint density at radius 3 is 2.69 bits per heavy atom. The van der Waals surface area contributed by atoms with Crippen molar-refractivity contribution in [3.63, 3.8) is 0 Å². The molecule has 5 nitrogen and oxygen atoms in total. The molecule has 0 aliphatic heterocycles. The predicted molar refractivity (Wildman–Crippen MR) is 102 cm³/mol. The minimum Gasteiger partial charge on any atom is -0.344 e. The maximum absolute atomic E-state index is 9.38. The zero-order chi connectivity index (χ0) is 18.1. The molecule has 0 bridgehead atoms. The Morgan fingerprint density at radius 1 is 1.15 bits per heavy atom. The fraction of sp³-hybridized carbons (Fsp3) is 0.429. The van der Waals surface area contributed by atoms with Gasteiger partial charge in [-0.1, -0.05) is 19.3 Å². The molecule has 1 fully saturated rings. The van der Waals surface area contributed by atoms with E-state index in [1.54, 1.807) is 0 Å². The van der Waals surface area contributed by atoms with Gasteiger partial charge >= 0.3 is 0 Å². The topological polar surface area (TPSA) is 67.4 Å². The van der Waals surface area contributed by atoms with Crippen LogP contribution < -0.4 is 0 Å². The Balaban J connectivity index is 1.89. The van der Waals surface area contributed by atoms with E-state index in [4.69, 9.17) is 0 Å². The smallest absolute Gasteiger partial charge is 0.233 e. The minimum atomic E-state index is 0.215. The van der Waals surface area contributed by atoms with Crippen molar-refractivity contribution in [2.75, 3.05) is 0 Å². The molecule has 0 unspecified atom stereocenters. The van der Waals surface area contributed by atoms with Crippen LogP contribution in [0.4, 0.5) is 0 Å². The largest absolute Gasteiger partial charge is 0.344 e. The third-order valence-corrected chi connectivity index (χ3v) is 5.32. The molecule has 0 atom stereocenters. The van der Waals surface area contributed by atoms with Crippen LogP contribution in [-0.2, 0) is 6.54 Å². The van der Waals surface area contributed by atoms with Gasteiger partial charge in [0.15, 0.2) is 0 Å². The molecule has 0 saturated heterocycles. The summed E-state index contributed by atoms with van der Waals surface area (Å²) in [6.07, 6.45) is 12.4. The van der Waals surface area contributed by atoms with Gasteiger partial charge in [-0.05, 0) is 49.8 Å². The molecule has 4 rings (SSSR count). The molecule has 0 aromatic carbocycles. The van der Waals surface area contributed by atoms with E-state index in [0.29, 0.717) is 5.92 Å². The second kappa shape index (κ2) is 6.87. The van der Waals surface area contributed by atoms with Crippen molar-refractivity contribution in [2.45, 2.75) is 52.5 Å². The Morgan fingerprint density at radius 2 is 1.96 bits per heavy atom. The van der Waals surface area contributed by atoms with E-state index in [2.05, 4.69) is 44.8 Å². The quantitative estimate of drug-likeness (QED) is 0.698. The van der Waals surface area contributed by atoms with Crippen LogP contribution in [0.1, 0.15) is 49.1 Å². The highest BCUT2D eigenvalue weighted by atomic mass is 15.0. The first-order chi connectivity index (χ1) is 12.7. The third-order valence-electron chi connectivity index (χ3n) is 5.32. The minimum absolute atomic E-state index is 0.215. The van der Waals surface area contributed by atoms with E-state index in [-0.39, 0.29) is 5.82 Å². The molecule has 0 radical (unpaired) electrons. The zero-order valence-corrected chi connectivity index (χ0v) is 15.4.